The largest absolute Gasteiger partial charge is 0.321 e. The fourth-order valence-electron chi connectivity index (χ4n) is 1.91. The van der Waals surface area contributed by atoms with Gasteiger partial charge in [-0.3, -0.25) is 4.57 Å². The normalized spacial score (nSPS) is 14.1. The molecule has 0 aromatic heterocycles. The molecule has 2 aromatic rings. The lowest BCUT2D eigenvalue weighted by Crippen LogP contribution is -2.23. The van der Waals surface area contributed by atoms with Gasteiger partial charge in [0.2, 0.25) is 0 Å². The Kier molecular flexibility index (Phi) is 5.60. The molecule has 0 saturated carbocycles. The van der Waals surface area contributed by atoms with Crippen molar-refractivity contribution in [2.75, 3.05) is 27.2 Å². The zero-order valence-electron chi connectivity index (χ0n) is 12.2. The van der Waals surface area contributed by atoms with E-state index in [1.54, 1.807) is 24.3 Å². The minimum atomic E-state index is -3.09. The van der Waals surface area contributed by atoms with Crippen LogP contribution in [0.4, 0.5) is 0 Å². The van der Waals surface area contributed by atoms with Crippen LogP contribution in [0.15, 0.2) is 54.6 Å². The van der Waals surface area contributed by atoms with Crippen LogP contribution in [0.1, 0.15) is 0 Å². The summed E-state index contributed by atoms with van der Waals surface area (Å²) >= 11 is 5.92. The second-order valence-corrected chi connectivity index (χ2v) is 7.83. The number of hydrogen-bond donors (Lipinski definition) is 0. The van der Waals surface area contributed by atoms with Gasteiger partial charge in [-0.15, -0.1) is 0 Å². The number of benzene rings is 2. The van der Waals surface area contributed by atoms with E-state index in [1.165, 1.54) is 0 Å². The molecule has 0 fully saturated rings. The molecule has 2 rings (SSSR count). The van der Waals surface area contributed by atoms with E-state index in [1.807, 2.05) is 49.3 Å². The first-order valence-electron chi connectivity index (χ1n) is 6.73. The minimum Gasteiger partial charge on any atom is -0.321 e. The molecule has 0 bridgehead atoms. The van der Waals surface area contributed by atoms with E-state index in [9.17, 15) is 4.57 Å². The molecule has 0 aliphatic rings. The van der Waals surface area contributed by atoms with Crippen LogP contribution in [0.5, 0.6) is 0 Å². The summed E-state index contributed by atoms with van der Waals surface area (Å²) < 4.78 is 19.2. The monoisotopic (exact) mass is 323 g/mol. The second-order valence-electron chi connectivity index (χ2n) is 5.00. The summed E-state index contributed by atoms with van der Waals surface area (Å²) in [6, 6.07) is 16.3. The third-order valence-electron chi connectivity index (χ3n) is 3.07. The first kappa shape index (κ1) is 16.3. The summed E-state index contributed by atoms with van der Waals surface area (Å²) in [5.74, 6) is 0. The maximum Gasteiger partial charge on any atom is 0.261 e. The van der Waals surface area contributed by atoms with Gasteiger partial charge in [-0.2, -0.15) is 0 Å². The molecular weight excluding hydrogens is 305 g/mol. The lowest BCUT2D eigenvalue weighted by atomic mass is 10.4. The predicted molar refractivity (Wildman–Crippen MR) is 89.3 cm³/mol. The molecule has 1 atom stereocenters. The van der Waals surface area contributed by atoms with Gasteiger partial charge in [0, 0.05) is 22.2 Å². The summed E-state index contributed by atoms with van der Waals surface area (Å²) in [7, 11) is 0.829. The van der Waals surface area contributed by atoms with Gasteiger partial charge in [-0.1, -0.05) is 29.8 Å². The SMILES string of the molecule is CN(C)CCOP(=O)(c1ccccc1)c1ccc(Cl)cc1. The van der Waals surface area contributed by atoms with Crippen molar-refractivity contribution >= 4 is 29.6 Å². The van der Waals surface area contributed by atoms with Gasteiger partial charge in [0.25, 0.3) is 7.37 Å². The summed E-state index contributed by atoms with van der Waals surface area (Å²) in [6.45, 7) is 1.12. The molecule has 0 aliphatic carbocycles. The molecule has 0 aliphatic heterocycles. The summed E-state index contributed by atoms with van der Waals surface area (Å²) in [4.78, 5) is 2.00. The molecule has 0 saturated heterocycles. The molecule has 0 N–H and O–H groups in total. The maximum atomic E-state index is 13.4. The van der Waals surface area contributed by atoms with Gasteiger partial charge in [-0.25, -0.2) is 0 Å². The van der Waals surface area contributed by atoms with Crippen molar-refractivity contribution in [2.24, 2.45) is 0 Å². The van der Waals surface area contributed by atoms with Crippen molar-refractivity contribution in [1.29, 1.82) is 0 Å². The molecule has 0 amide bonds. The fourth-order valence-corrected chi connectivity index (χ4v) is 4.08. The molecule has 0 spiro atoms. The van der Waals surface area contributed by atoms with Gasteiger partial charge in [0.05, 0.1) is 6.61 Å². The average Bonchev–Trinajstić information content (AvgIpc) is 2.48. The van der Waals surface area contributed by atoms with Crippen LogP contribution in [0, 0.1) is 0 Å². The highest BCUT2D eigenvalue weighted by Gasteiger charge is 2.28. The van der Waals surface area contributed by atoms with Crippen LogP contribution >= 0.6 is 19.0 Å². The third kappa shape index (κ3) is 4.18. The zero-order chi connectivity index (χ0) is 15.3. The van der Waals surface area contributed by atoms with E-state index < -0.39 is 7.37 Å². The zero-order valence-corrected chi connectivity index (χ0v) is 13.8. The fraction of sp³-hybridized carbons (Fsp3) is 0.250. The van der Waals surface area contributed by atoms with Crippen LogP contribution in [0.25, 0.3) is 0 Å². The lowest BCUT2D eigenvalue weighted by molar-refractivity contribution is 0.269. The minimum absolute atomic E-state index is 0.405. The van der Waals surface area contributed by atoms with Crippen molar-refractivity contribution in [1.82, 2.24) is 4.90 Å². The Morgan fingerprint density at radius 2 is 1.57 bits per heavy atom. The number of rotatable bonds is 6. The molecule has 21 heavy (non-hydrogen) atoms. The molecule has 1 unspecified atom stereocenters. The molecule has 2 aromatic carbocycles. The first-order valence-corrected chi connectivity index (χ1v) is 8.74. The van der Waals surface area contributed by atoms with Crippen molar-refractivity contribution in [2.45, 2.75) is 0 Å². The number of likely N-dealkylation sites (N-methyl/N-ethyl adjacent to an activating group) is 1. The van der Waals surface area contributed by atoms with Crippen LogP contribution in [-0.2, 0) is 9.09 Å². The smallest absolute Gasteiger partial charge is 0.261 e. The average molecular weight is 324 g/mol. The van der Waals surface area contributed by atoms with E-state index in [0.29, 0.717) is 28.8 Å². The Balaban J connectivity index is 2.34. The van der Waals surface area contributed by atoms with E-state index in [4.69, 9.17) is 16.1 Å². The quantitative estimate of drug-likeness (QED) is 0.765. The van der Waals surface area contributed by atoms with E-state index in [0.717, 1.165) is 0 Å². The number of halogens is 1. The van der Waals surface area contributed by atoms with Crippen molar-refractivity contribution in [3.63, 3.8) is 0 Å². The van der Waals surface area contributed by atoms with E-state index in [2.05, 4.69) is 0 Å². The Morgan fingerprint density at radius 1 is 1.00 bits per heavy atom. The van der Waals surface area contributed by atoms with Crippen LogP contribution in [-0.4, -0.2) is 32.1 Å². The molecule has 5 heteroatoms. The standard InChI is InChI=1S/C16H19ClNO2P/c1-18(2)12-13-20-21(19,15-6-4-3-5-7-15)16-10-8-14(17)9-11-16/h3-11H,12-13H2,1-2H3. The van der Waals surface area contributed by atoms with E-state index >= 15 is 0 Å². The van der Waals surface area contributed by atoms with Crippen molar-refractivity contribution < 1.29 is 9.09 Å². The Labute approximate surface area is 131 Å². The Hall–Kier alpha value is -1.12. The number of hydrogen-bond acceptors (Lipinski definition) is 3. The van der Waals surface area contributed by atoms with Crippen LogP contribution in [0.2, 0.25) is 5.02 Å². The molecular formula is C16H19ClNO2P. The summed E-state index contributed by atoms with van der Waals surface area (Å²) in [5, 5.41) is 1.98. The summed E-state index contributed by atoms with van der Waals surface area (Å²) in [5.41, 5.74) is 0. The van der Waals surface area contributed by atoms with Crippen LogP contribution < -0.4 is 10.6 Å². The predicted octanol–water partition coefficient (Wildman–Crippen LogP) is 3.15. The van der Waals surface area contributed by atoms with Gasteiger partial charge in [0.1, 0.15) is 0 Å². The van der Waals surface area contributed by atoms with Gasteiger partial charge in [0.15, 0.2) is 0 Å². The number of nitrogens with zero attached hydrogens (tertiary/aromatic N) is 1. The highest BCUT2D eigenvalue weighted by atomic mass is 35.5. The molecule has 3 nitrogen and oxygen atoms in total. The van der Waals surface area contributed by atoms with Crippen LogP contribution in [0.3, 0.4) is 0 Å². The molecule has 0 heterocycles. The third-order valence-corrected chi connectivity index (χ3v) is 5.83. The topological polar surface area (TPSA) is 29.5 Å². The van der Waals surface area contributed by atoms with Crippen molar-refractivity contribution in [3.8, 4) is 0 Å². The Morgan fingerprint density at radius 3 is 2.14 bits per heavy atom. The lowest BCUT2D eigenvalue weighted by Gasteiger charge is -2.20. The van der Waals surface area contributed by atoms with Crippen molar-refractivity contribution in [3.05, 3.63) is 59.6 Å². The van der Waals surface area contributed by atoms with Gasteiger partial charge >= 0.3 is 0 Å². The van der Waals surface area contributed by atoms with Gasteiger partial charge < -0.3 is 9.42 Å². The van der Waals surface area contributed by atoms with Gasteiger partial charge in [-0.05, 0) is 50.5 Å². The van der Waals surface area contributed by atoms with E-state index in [-0.39, 0.29) is 0 Å². The Bertz CT molecular complexity index is 614. The second kappa shape index (κ2) is 7.24. The maximum absolute atomic E-state index is 13.4. The summed E-state index contributed by atoms with van der Waals surface area (Å²) in [6.07, 6.45) is 0. The highest BCUT2D eigenvalue weighted by molar-refractivity contribution is 7.74. The first-order chi connectivity index (χ1) is 10.0. The molecule has 0 radical (unpaired) electrons. The molecule has 112 valence electrons. The highest BCUT2D eigenvalue weighted by Crippen LogP contribution is 2.44.